The average Bonchev–Trinajstić information content (AvgIpc) is 2.97. The van der Waals surface area contributed by atoms with Crippen molar-refractivity contribution < 1.29 is 19.4 Å². The van der Waals surface area contributed by atoms with Gasteiger partial charge in [-0.05, 0) is 60.7 Å². The summed E-state index contributed by atoms with van der Waals surface area (Å²) < 4.78 is 5.37. The molecular formula is C19H19NO4. The molecule has 124 valence electrons. The van der Waals surface area contributed by atoms with Crippen LogP contribution in [0.25, 0.3) is 0 Å². The van der Waals surface area contributed by atoms with E-state index in [9.17, 15) is 9.59 Å². The summed E-state index contributed by atoms with van der Waals surface area (Å²) in [6.45, 7) is 1.78. The van der Waals surface area contributed by atoms with Crippen LogP contribution in [0.3, 0.4) is 0 Å². The first-order valence-electron chi connectivity index (χ1n) is 7.81. The van der Waals surface area contributed by atoms with E-state index in [1.165, 1.54) is 6.07 Å². The molecule has 5 heteroatoms. The fourth-order valence-electron chi connectivity index (χ4n) is 3.24. The van der Waals surface area contributed by atoms with Gasteiger partial charge in [-0.25, -0.2) is 4.79 Å². The highest BCUT2D eigenvalue weighted by Gasteiger charge is 2.26. The molecule has 0 spiro atoms. The molecule has 5 nitrogen and oxygen atoms in total. The number of carbonyl (C=O) groups excluding carboxylic acids is 1. The summed E-state index contributed by atoms with van der Waals surface area (Å²) in [5, 5.41) is 12.2. The summed E-state index contributed by atoms with van der Waals surface area (Å²) in [6, 6.07) is 10.4. The highest BCUT2D eigenvalue weighted by atomic mass is 16.5. The predicted octanol–water partition coefficient (Wildman–Crippen LogP) is 3.12. The molecule has 0 saturated heterocycles. The first-order chi connectivity index (χ1) is 11.5. The van der Waals surface area contributed by atoms with Crippen molar-refractivity contribution >= 4 is 11.9 Å². The summed E-state index contributed by atoms with van der Waals surface area (Å²) >= 11 is 0. The zero-order valence-electron chi connectivity index (χ0n) is 13.6. The van der Waals surface area contributed by atoms with Crippen LogP contribution in [0.4, 0.5) is 0 Å². The summed E-state index contributed by atoms with van der Waals surface area (Å²) in [4.78, 5) is 23.7. The Morgan fingerprint density at radius 3 is 2.67 bits per heavy atom. The minimum atomic E-state index is -1.04. The van der Waals surface area contributed by atoms with Crippen molar-refractivity contribution in [2.45, 2.75) is 25.8 Å². The number of amides is 1. The molecule has 2 N–H and O–H groups in total. The van der Waals surface area contributed by atoms with E-state index in [-0.39, 0.29) is 17.5 Å². The van der Waals surface area contributed by atoms with E-state index in [1.54, 1.807) is 26.2 Å². The molecule has 0 heterocycles. The maximum absolute atomic E-state index is 12.6. The van der Waals surface area contributed by atoms with Crippen molar-refractivity contribution in [2.24, 2.45) is 0 Å². The molecule has 0 saturated carbocycles. The molecule has 1 aliphatic rings. The van der Waals surface area contributed by atoms with E-state index in [0.717, 1.165) is 35.3 Å². The van der Waals surface area contributed by atoms with Gasteiger partial charge in [-0.15, -0.1) is 0 Å². The second-order valence-electron chi connectivity index (χ2n) is 5.99. The van der Waals surface area contributed by atoms with Crippen LogP contribution in [-0.2, 0) is 6.42 Å². The van der Waals surface area contributed by atoms with E-state index in [4.69, 9.17) is 9.84 Å². The Morgan fingerprint density at radius 1 is 1.21 bits per heavy atom. The predicted molar refractivity (Wildman–Crippen MR) is 89.7 cm³/mol. The van der Waals surface area contributed by atoms with Gasteiger partial charge in [0.05, 0.1) is 18.7 Å². The van der Waals surface area contributed by atoms with Crippen molar-refractivity contribution in [2.75, 3.05) is 7.11 Å². The van der Waals surface area contributed by atoms with Crippen LogP contribution in [0.2, 0.25) is 0 Å². The van der Waals surface area contributed by atoms with Gasteiger partial charge >= 0.3 is 5.97 Å². The van der Waals surface area contributed by atoms with E-state index < -0.39 is 5.97 Å². The van der Waals surface area contributed by atoms with Crippen molar-refractivity contribution in [1.82, 2.24) is 5.32 Å². The van der Waals surface area contributed by atoms with Crippen molar-refractivity contribution in [3.63, 3.8) is 0 Å². The Kier molecular flexibility index (Phi) is 4.25. The molecule has 0 aliphatic heterocycles. The molecule has 1 aliphatic carbocycles. The summed E-state index contributed by atoms with van der Waals surface area (Å²) in [5.41, 5.74) is 3.42. The number of fused-ring (bicyclic) bond motifs is 1. The number of methoxy groups -OCH3 is 1. The largest absolute Gasteiger partial charge is 0.496 e. The van der Waals surface area contributed by atoms with Crippen molar-refractivity contribution in [3.8, 4) is 5.75 Å². The Morgan fingerprint density at radius 2 is 1.96 bits per heavy atom. The molecule has 0 aromatic heterocycles. The molecular weight excluding hydrogens is 306 g/mol. The number of carboxylic acid groups (broad SMARTS) is 1. The molecule has 1 unspecified atom stereocenters. The number of nitrogens with one attached hydrogen (secondary N) is 1. The van der Waals surface area contributed by atoms with Gasteiger partial charge < -0.3 is 15.2 Å². The van der Waals surface area contributed by atoms with Crippen LogP contribution < -0.4 is 10.1 Å². The zero-order valence-corrected chi connectivity index (χ0v) is 13.6. The Hall–Kier alpha value is -2.82. The topological polar surface area (TPSA) is 75.6 Å². The van der Waals surface area contributed by atoms with Gasteiger partial charge in [-0.3, -0.25) is 4.79 Å². The van der Waals surface area contributed by atoms with Crippen LogP contribution in [0.15, 0.2) is 36.4 Å². The highest BCUT2D eigenvalue weighted by Crippen LogP contribution is 2.36. The van der Waals surface area contributed by atoms with E-state index >= 15 is 0 Å². The monoisotopic (exact) mass is 325 g/mol. The van der Waals surface area contributed by atoms with Crippen LogP contribution in [0.5, 0.6) is 5.75 Å². The number of benzene rings is 2. The van der Waals surface area contributed by atoms with Gasteiger partial charge in [0, 0.05) is 5.56 Å². The maximum Gasteiger partial charge on any atom is 0.335 e. The fourth-order valence-corrected chi connectivity index (χ4v) is 3.24. The number of aromatic carboxylic acids is 1. The number of carbonyl (C=O) groups is 2. The third-order valence-corrected chi connectivity index (χ3v) is 4.34. The summed E-state index contributed by atoms with van der Waals surface area (Å²) in [6.07, 6.45) is 1.65. The lowest BCUT2D eigenvalue weighted by atomic mass is 10.0. The third kappa shape index (κ3) is 2.97. The number of rotatable bonds is 4. The fraction of sp³-hybridized carbons (Fsp3) is 0.263. The molecule has 1 amide bonds. The number of carboxylic acids is 1. The Bertz CT molecular complexity index is 813. The van der Waals surface area contributed by atoms with Crippen LogP contribution in [0.1, 0.15) is 49.9 Å². The smallest absolute Gasteiger partial charge is 0.335 e. The molecule has 2 aromatic carbocycles. The number of hydrogen-bond donors (Lipinski definition) is 2. The van der Waals surface area contributed by atoms with Gasteiger partial charge in [-0.2, -0.15) is 0 Å². The van der Waals surface area contributed by atoms with Gasteiger partial charge in [0.2, 0.25) is 0 Å². The van der Waals surface area contributed by atoms with Crippen molar-refractivity contribution in [1.29, 1.82) is 0 Å². The highest BCUT2D eigenvalue weighted by molar-refractivity contribution is 5.98. The normalized spacial score (nSPS) is 15.7. The molecule has 3 rings (SSSR count). The number of hydrogen-bond acceptors (Lipinski definition) is 3. The van der Waals surface area contributed by atoms with Crippen molar-refractivity contribution in [3.05, 3.63) is 64.2 Å². The number of aryl methyl sites for hydroxylation is 1. The summed E-state index contributed by atoms with van der Waals surface area (Å²) in [7, 11) is 1.64. The maximum atomic E-state index is 12.6. The summed E-state index contributed by atoms with van der Waals surface area (Å²) in [5.74, 6) is -0.460. The van der Waals surface area contributed by atoms with E-state index in [2.05, 4.69) is 5.32 Å². The first-order valence-corrected chi connectivity index (χ1v) is 7.81. The third-order valence-electron chi connectivity index (χ3n) is 4.34. The molecule has 1 atom stereocenters. The average molecular weight is 325 g/mol. The van der Waals surface area contributed by atoms with Gasteiger partial charge in [0.1, 0.15) is 5.75 Å². The second-order valence-corrected chi connectivity index (χ2v) is 5.99. The molecule has 0 bridgehead atoms. The molecule has 2 aromatic rings. The minimum absolute atomic E-state index is 0.0867. The minimum Gasteiger partial charge on any atom is -0.496 e. The Labute approximate surface area is 140 Å². The van der Waals surface area contributed by atoms with Gasteiger partial charge in [0.25, 0.3) is 5.91 Å². The first kappa shape index (κ1) is 16.1. The quantitative estimate of drug-likeness (QED) is 0.905. The molecule has 24 heavy (non-hydrogen) atoms. The Balaban J connectivity index is 1.84. The van der Waals surface area contributed by atoms with Crippen LogP contribution in [0, 0.1) is 6.92 Å². The van der Waals surface area contributed by atoms with Gasteiger partial charge in [-0.1, -0.05) is 12.1 Å². The van der Waals surface area contributed by atoms with Crippen LogP contribution >= 0.6 is 0 Å². The SMILES string of the molecule is COc1cccc2c1CCC2NC(=O)c1cc(C)cc(C(=O)O)c1. The van der Waals surface area contributed by atoms with E-state index in [1.807, 2.05) is 18.2 Å². The van der Waals surface area contributed by atoms with Gasteiger partial charge in [0.15, 0.2) is 0 Å². The van der Waals surface area contributed by atoms with E-state index in [0.29, 0.717) is 5.56 Å². The second kappa shape index (κ2) is 6.35. The lowest BCUT2D eigenvalue weighted by Gasteiger charge is -2.15. The lowest BCUT2D eigenvalue weighted by Crippen LogP contribution is -2.27. The standard InChI is InChI=1S/C19H19NO4/c1-11-8-12(10-13(9-11)19(22)23)18(21)20-16-7-6-15-14(16)4-3-5-17(15)24-2/h3-5,8-10,16H,6-7H2,1-2H3,(H,20,21)(H,22,23). The lowest BCUT2D eigenvalue weighted by molar-refractivity contribution is 0.0696. The number of ether oxygens (including phenoxy) is 1. The van der Waals surface area contributed by atoms with Crippen LogP contribution in [-0.4, -0.2) is 24.1 Å². The molecule has 0 fully saturated rings. The molecule has 0 radical (unpaired) electrons. The zero-order chi connectivity index (χ0) is 17.3.